The van der Waals surface area contributed by atoms with Crippen LogP contribution in [0, 0.1) is 9.28 Å². The highest BCUT2D eigenvalue weighted by atomic mass is 32.1. The molecular weight excluding hydrogens is 654 g/mol. The number of nitrogens with zero attached hydrogens (tertiary/aromatic N) is 3. The largest absolute Gasteiger partial charge is 0.393 e. The number of aromatic nitrogens is 4. The highest BCUT2D eigenvalue weighted by molar-refractivity contribution is 7.71. The molecule has 5 heterocycles. The van der Waals surface area contributed by atoms with E-state index in [9.17, 15) is 24.9 Å². The van der Waals surface area contributed by atoms with Gasteiger partial charge in [0.2, 0.25) is 11.9 Å². The maximum Gasteiger partial charge on any atom is 0.330 e. The van der Waals surface area contributed by atoms with E-state index >= 15 is 0 Å². The van der Waals surface area contributed by atoms with Gasteiger partial charge in [-0.1, -0.05) is 24.4 Å². The number of aliphatic hydroxyl groups is 2. The fraction of sp³-hybridized carbons (Fsp3) is 0.579. The third-order valence-corrected chi connectivity index (χ3v) is 8.47. The van der Waals surface area contributed by atoms with Crippen LogP contribution in [-0.2, 0) is 23.0 Å². The Morgan fingerprint density at radius 3 is 2.44 bits per heavy atom. The standard InChI is InChI=1S/C19H30N10O10P2S2/c20-9-13(25-18(21)27-16(9)42)24-15-11(31)12(7(38-15)3-35-40(32)33)39-41(34)36-2-6-5(30)1-8(37-6)29-4-23-10-14(29)26-19(22)28-17(10)43/h5-8,11-12,15,23,30-34H,1-4,20H2,(H3,22,26,28,43)(H4,21,24,25,27,42). The second-order valence-corrected chi connectivity index (χ2v) is 12.0. The van der Waals surface area contributed by atoms with Gasteiger partial charge in [-0.3, -0.25) is 0 Å². The fourth-order valence-corrected chi connectivity index (χ4v) is 6.21. The zero-order valence-corrected chi connectivity index (χ0v) is 25.4. The third kappa shape index (κ3) is 7.24. The molecule has 0 spiro atoms. The molecule has 24 heteroatoms. The lowest BCUT2D eigenvalue weighted by molar-refractivity contribution is -0.0299. The average molecular weight is 685 g/mol. The summed E-state index contributed by atoms with van der Waals surface area (Å²) < 4.78 is 28.0. The first-order valence-corrected chi connectivity index (χ1v) is 15.6. The Balaban J connectivity index is 1.19. The molecule has 2 saturated heterocycles. The second-order valence-electron chi connectivity index (χ2n) is 9.48. The zero-order valence-electron chi connectivity index (χ0n) is 21.9. The molecule has 238 valence electrons. The van der Waals surface area contributed by atoms with E-state index in [-0.39, 0.29) is 41.1 Å². The Morgan fingerprint density at radius 1 is 1.00 bits per heavy atom. The van der Waals surface area contributed by atoms with Crippen LogP contribution >= 0.6 is 41.6 Å². The lowest BCUT2D eigenvalue weighted by Gasteiger charge is -2.25. The van der Waals surface area contributed by atoms with E-state index < -0.39 is 66.8 Å². The number of hydrogen-bond acceptors (Lipinski definition) is 20. The number of nitrogens with one attached hydrogen (secondary N) is 4. The molecule has 8 unspecified atom stereocenters. The van der Waals surface area contributed by atoms with Gasteiger partial charge in [0.1, 0.15) is 51.3 Å². The molecule has 2 fully saturated rings. The molecule has 20 nitrogen and oxygen atoms in total. The normalized spacial score (nSPS) is 29.2. The van der Waals surface area contributed by atoms with Gasteiger partial charge in [-0.25, -0.2) is 0 Å². The Hall–Kier alpha value is -2.14. The monoisotopic (exact) mass is 684 g/mol. The summed E-state index contributed by atoms with van der Waals surface area (Å²) in [6, 6.07) is 0. The first-order valence-electron chi connectivity index (χ1n) is 12.5. The molecule has 3 aliphatic rings. The summed E-state index contributed by atoms with van der Waals surface area (Å²) >= 11 is 10.4. The molecule has 3 aliphatic heterocycles. The van der Waals surface area contributed by atoms with E-state index in [0.29, 0.717) is 22.8 Å². The number of hydrogen-bond donors (Lipinski definition) is 12. The van der Waals surface area contributed by atoms with Crippen molar-refractivity contribution >= 4 is 76.5 Å². The third-order valence-electron chi connectivity index (χ3n) is 6.67. The average Bonchev–Trinajstić information content (AvgIpc) is 3.60. The molecule has 2 aromatic rings. The molecule has 0 aromatic carbocycles. The van der Waals surface area contributed by atoms with Crippen molar-refractivity contribution in [3.8, 4) is 0 Å². The van der Waals surface area contributed by atoms with Gasteiger partial charge >= 0.3 is 17.2 Å². The molecule has 0 amide bonds. The number of aliphatic hydroxyl groups excluding tert-OH is 2. The maximum atomic E-state index is 10.9. The molecule has 0 aliphatic carbocycles. The van der Waals surface area contributed by atoms with Crippen LogP contribution in [0.1, 0.15) is 6.42 Å². The van der Waals surface area contributed by atoms with Gasteiger partial charge < -0.3 is 90.6 Å². The molecule has 8 atom stereocenters. The van der Waals surface area contributed by atoms with E-state index in [1.54, 1.807) is 4.90 Å². The molecule has 5 rings (SSSR count). The molecule has 2 aromatic heterocycles. The van der Waals surface area contributed by atoms with Crippen molar-refractivity contribution in [2.24, 2.45) is 0 Å². The summed E-state index contributed by atoms with van der Waals surface area (Å²) in [5.41, 5.74) is 18.0. The number of anilines is 6. The second kappa shape index (κ2) is 13.5. The maximum absolute atomic E-state index is 10.9. The number of ether oxygens (including phenoxy) is 2. The summed E-state index contributed by atoms with van der Waals surface area (Å²) in [7, 11) is -5.42. The summed E-state index contributed by atoms with van der Waals surface area (Å²) in [6.45, 7) is -0.387. The molecule has 0 radical (unpaired) electrons. The van der Waals surface area contributed by atoms with Crippen molar-refractivity contribution in [2.45, 2.75) is 49.4 Å². The minimum atomic E-state index is -2.76. The van der Waals surface area contributed by atoms with Crippen molar-refractivity contribution in [1.29, 1.82) is 0 Å². The van der Waals surface area contributed by atoms with Crippen LogP contribution < -0.4 is 32.7 Å². The Labute approximate surface area is 255 Å². The predicted octanol–water partition coefficient (Wildman–Crippen LogP) is -0.949. The first-order chi connectivity index (χ1) is 20.4. The lowest BCUT2D eigenvalue weighted by atomic mass is 10.1. The molecule has 0 bridgehead atoms. The molecule has 15 N–H and O–H groups in total. The van der Waals surface area contributed by atoms with E-state index in [0.717, 1.165) is 0 Å². The van der Waals surface area contributed by atoms with Crippen LogP contribution in [-0.4, -0.2) is 108 Å². The first kappa shape index (κ1) is 32.3. The predicted molar refractivity (Wildman–Crippen MR) is 158 cm³/mol. The summed E-state index contributed by atoms with van der Waals surface area (Å²) in [4.78, 5) is 44.3. The van der Waals surface area contributed by atoms with E-state index in [1.807, 2.05) is 0 Å². The van der Waals surface area contributed by atoms with Gasteiger partial charge in [-0.15, -0.1) is 0 Å². The van der Waals surface area contributed by atoms with Crippen molar-refractivity contribution in [3.63, 3.8) is 0 Å². The van der Waals surface area contributed by atoms with Gasteiger partial charge in [0.25, 0.3) is 0 Å². The number of fused-ring (bicyclic) bond motifs is 1. The Bertz CT molecular complexity index is 1430. The number of rotatable bonds is 11. The van der Waals surface area contributed by atoms with Crippen LogP contribution in [0.5, 0.6) is 0 Å². The van der Waals surface area contributed by atoms with Crippen LogP contribution in [0.15, 0.2) is 0 Å². The molecule has 0 saturated carbocycles. The Morgan fingerprint density at radius 2 is 1.70 bits per heavy atom. The number of nitrogen functional groups attached to an aromatic ring is 3. The van der Waals surface area contributed by atoms with E-state index in [4.69, 9.17) is 64.7 Å². The van der Waals surface area contributed by atoms with Crippen LogP contribution in [0.3, 0.4) is 0 Å². The van der Waals surface area contributed by atoms with Gasteiger partial charge in [-0.05, 0) is 0 Å². The van der Waals surface area contributed by atoms with Crippen LogP contribution in [0.4, 0.5) is 34.9 Å². The highest BCUT2D eigenvalue weighted by Gasteiger charge is 2.47. The quantitative estimate of drug-likeness (QED) is 0.100. The minimum absolute atomic E-state index is 0.0115. The van der Waals surface area contributed by atoms with Gasteiger partial charge in [0.15, 0.2) is 17.9 Å². The number of nitrogens with two attached hydrogens (primary N) is 3. The van der Waals surface area contributed by atoms with E-state index in [1.165, 1.54) is 0 Å². The smallest absolute Gasteiger partial charge is 0.330 e. The van der Waals surface area contributed by atoms with Gasteiger partial charge in [0.05, 0.1) is 26.0 Å². The van der Waals surface area contributed by atoms with Crippen molar-refractivity contribution in [3.05, 3.63) is 9.28 Å². The van der Waals surface area contributed by atoms with Crippen molar-refractivity contribution < 1.29 is 47.9 Å². The van der Waals surface area contributed by atoms with Crippen LogP contribution in [0.2, 0.25) is 0 Å². The van der Waals surface area contributed by atoms with E-state index in [2.05, 4.69) is 30.6 Å². The van der Waals surface area contributed by atoms with Crippen molar-refractivity contribution in [2.75, 3.05) is 52.6 Å². The molecule has 43 heavy (non-hydrogen) atoms. The summed E-state index contributed by atoms with van der Waals surface area (Å²) in [5.74, 6) is 0.570. The fourth-order valence-electron chi connectivity index (χ4n) is 4.66. The Kier molecular flexibility index (Phi) is 10.1. The van der Waals surface area contributed by atoms with Crippen LogP contribution in [0.25, 0.3) is 0 Å². The number of aromatic amines is 2. The highest BCUT2D eigenvalue weighted by Crippen LogP contribution is 2.42. The zero-order chi connectivity index (χ0) is 31.0. The lowest BCUT2D eigenvalue weighted by Crippen LogP contribution is -2.38. The SMILES string of the molecule is Nc1nc(NC2OC(COP(O)O)C(OP(O)OCC3OC(N4CNc5c4nc(N)[nH]c5=S)CC3O)C2O)c(N)c(=S)[nH]1. The summed E-state index contributed by atoms with van der Waals surface area (Å²) in [6.07, 6.45) is -7.28. The van der Waals surface area contributed by atoms with Crippen molar-refractivity contribution in [1.82, 2.24) is 19.9 Å². The topological polar surface area (TPSA) is 310 Å². The van der Waals surface area contributed by atoms with Gasteiger partial charge in [-0.2, -0.15) is 9.97 Å². The minimum Gasteiger partial charge on any atom is -0.393 e. The van der Waals surface area contributed by atoms with Gasteiger partial charge in [0, 0.05) is 6.42 Å². The number of H-pyrrole nitrogens is 2. The summed E-state index contributed by atoms with van der Waals surface area (Å²) in [5, 5.41) is 27.4. The molecular formula is C19H30N10O10P2S2.